The van der Waals surface area contributed by atoms with Crippen molar-refractivity contribution in [1.29, 1.82) is 0 Å². The molecule has 1 aromatic rings. The largest absolute Gasteiger partial charge is 0.378 e. The number of nitrogens with zero attached hydrogens (tertiary/aromatic N) is 1. The monoisotopic (exact) mass is 337 g/mol. The lowest BCUT2D eigenvalue weighted by molar-refractivity contribution is -0.200. The number of hydrogen-bond donors (Lipinski definition) is 0. The van der Waals surface area contributed by atoms with Gasteiger partial charge in [-0.15, -0.1) is 0 Å². The first-order valence-corrected chi connectivity index (χ1v) is 8.76. The van der Waals surface area contributed by atoms with Crippen molar-refractivity contribution in [1.82, 2.24) is 4.90 Å². The van der Waals surface area contributed by atoms with Crippen molar-refractivity contribution in [3.8, 4) is 0 Å². The number of amides is 1. The molecular formula is C18H24ClNO3. The molecule has 5 heteroatoms. The maximum atomic E-state index is 12.3. The Morgan fingerprint density at radius 3 is 2.83 bits per heavy atom. The Morgan fingerprint density at radius 1 is 1.39 bits per heavy atom. The molecule has 2 fully saturated rings. The number of likely N-dealkylation sites (tertiary alicyclic amines) is 1. The van der Waals surface area contributed by atoms with Gasteiger partial charge in [-0.3, -0.25) is 4.79 Å². The van der Waals surface area contributed by atoms with Gasteiger partial charge in [0.25, 0.3) is 0 Å². The summed E-state index contributed by atoms with van der Waals surface area (Å²) in [5.41, 5.74) is 0.983. The van der Waals surface area contributed by atoms with Gasteiger partial charge in [0.15, 0.2) is 0 Å². The fraction of sp³-hybridized carbons (Fsp3) is 0.611. The lowest BCUT2D eigenvalue weighted by atomic mass is 9.84. The zero-order chi connectivity index (χ0) is 16.3. The van der Waals surface area contributed by atoms with Crippen LogP contribution in [0.5, 0.6) is 0 Å². The molecule has 2 saturated heterocycles. The number of ether oxygens (including phenoxy) is 2. The van der Waals surface area contributed by atoms with E-state index in [4.69, 9.17) is 21.1 Å². The average Bonchev–Trinajstić information content (AvgIpc) is 2.52. The molecule has 0 radical (unpaired) electrons. The number of rotatable bonds is 5. The third-order valence-corrected chi connectivity index (χ3v) is 4.95. The van der Waals surface area contributed by atoms with Crippen molar-refractivity contribution in [2.75, 3.05) is 26.3 Å². The molecule has 0 N–H and O–H groups in total. The zero-order valence-corrected chi connectivity index (χ0v) is 14.3. The van der Waals surface area contributed by atoms with Crippen LogP contribution in [0.25, 0.3) is 0 Å². The molecule has 0 unspecified atom stereocenters. The molecule has 3 rings (SSSR count). The van der Waals surface area contributed by atoms with Crippen LogP contribution in [0.2, 0.25) is 5.02 Å². The Bertz CT molecular complexity index is 538. The molecule has 1 atom stereocenters. The summed E-state index contributed by atoms with van der Waals surface area (Å²) in [4.78, 5) is 14.2. The van der Waals surface area contributed by atoms with Crippen LogP contribution in [0.15, 0.2) is 24.3 Å². The first-order valence-electron chi connectivity index (χ1n) is 8.38. The van der Waals surface area contributed by atoms with Gasteiger partial charge in [0.2, 0.25) is 5.91 Å². The van der Waals surface area contributed by atoms with Gasteiger partial charge in [-0.1, -0.05) is 23.7 Å². The van der Waals surface area contributed by atoms with E-state index in [1.165, 1.54) is 0 Å². The SMILES string of the molecule is CCO[C@@H]1CCOC2(C1)CN(C(=O)CCc1ccc(Cl)cc1)C2. The topological polar surface area (TPSA) is 38.8 Å². The lowest BCUT2D eigenvalue weighted by Gasteiger charge is -2.53. The second-order valence-corrected chi connectivity index (χ2v) is 6.91. The summed E-state index contributed by atoms with van der Waals surface area (Å²) in [5.74, 6) is 0.202. The Morgan fingerprint density at radius 2 is 2.13 bits per heavy atom. The van der Waals surface area contributed by atoms with Crippen molar-refractivity contribution in [2.45, 2.75) is 44.3 Å². The highest BCUT2D eigenvalue weighted by atomic mass is 35.5. The van der Waals surface area contributed by atoms with Crippen LogP contribution in [0.4, 0.5) is 0 Å². The van der Waals surface area contributed by atoms with Gasteiger partial charge in [0.1, 0.15) is 5.60 Å². The molecular weight excluding hydrogens is 314 g/mol. The maximum absolute atomic E-state index is 12.3. The maximum Gasteiger partial charge on any atom is 0.223 e. The van der Waals surface area contributed by atoms with Gasteiger partial charge in [-0.25, -0.2) is 0 Å². The molecule has 23 heavy (non-hydrogen) atoms. The highest BCUT2D eigenvalue weighted by molar-refractivity contribution is 6.30. The summed E-state index contributed by atoms with van der Waals surface area (Å²) in [7, 11) is 0. The number of carbonyl (C=O) groups excluding carboxylic acids is 1. The highest BCUT2D eigenvalue weighted by Crippen LogP contribution is 2.35. The number of carbonyl (C=O) groups is 1. The van der Waals surface area contributed by atoms with Crippen LogP contribution in [0, 0.1) is 0 Å². The molecule has 0 aromatic heterocycles. The van der Waals surface area contributed by atoms with E-state index in [1.807, 2.05) is 36.1 Å². The van der Waals surface area contributed by atoms with Gasteiger partial charge in [0, 0.05) is 31.1 Å². The van der Waals surface area contributed by atoms with Crippen molar-refractivity contribution in [3.63, 3.8) is 0 Å². The van der Waals surface area contributed by atoms with Crippen LogP contribution in [0.3, 0.4) is 0 Å². The molecule has 2 aliphatic heterocycles. The second kappa shape index (κ2) is 7.20. The average molecular weight is 338 g/mol. The molecule has 0 aliphatic carbocycles. The molecule has 1 amide bonds. The molecule has 0 bridgehead atoms. The minimum Gasteiger partial charge on any atom is -0.378 e. The number of aryl methyl sites for hydroxylation is 1. The van der Waals surface area contributed by atoms with E-state index in [9.17, 15) is 4.79 Å². The quantitative estimate of drug-likeness (QED) is 0.829. The Balaban J connectivity index is 1.45. The third-order valence-electron chi connectivity index (χ3n) is 4.70. The summed E-state index contributed by atoms with van der Waals surface area (Å²) < 4.78 is 11.7. The van der Waals surface area contributed by atoms with E-state index in [-0.39, 0.29) is 17.6 Å². The Hall–Kier alpha value is -1.10. The van der Waals surface area contributed by atoms with Crippen molar-refractivity contribution >= 4 is 17.5 Å². The summed E-state index contributed by atoms with van der Waals surface area (Å²) in [6, 6.07) is 7.68. The van der Waals surface area contributed by atoms with Crippen LogP contribution < -0.4 is 0 Å². The molecule has 0 saturated carbocycles. The number of hydrogen-bond acceptors (Lipinski definition) is 3. The molecule has 2 aliphatic rings. The Labute approximate surface area is 142 Å². The van der Waals surface area contributed by atoms with E-state index in [0.29, 0.717) is 19.5 Å². The van der Waals surface area contributed by atoms with Gasteiger partial charge in [0.05, 0.1) is 19.2 Å². The van der Waals surface area contributed by atoms with Crippen LogP contribution >= 0.6 is 11.6 Å². The normalized spacial score (nSPS) is 22.9. The highest BCUT2D eigenvalue weighted by Gasteiger charge is 2.49. The smallest absolute Gasteiger partial charge is 0.223 e. The Kier molecular flexibility index (Phi) is 5.24. The summed E-state index contributed by atoms with van der Waals surface area (Å²) in [6.45, 7) is 4.91. The van der Waals surface area contributed by atoms with Gasteiger partial charge < -0.3 is 14.4 Å². The second-order valence-electron chi connectivity index (χ2n) is 6.48. The van der Waals surface area contributed by atoms with Gasteiger partial charge in [-0.05, 0) is 37.5 Å². The van der Waals surface area contributed by atoms with Crippen LogP contribution in [-0.2, 0) is 20.7 Å². The number of benzene rings is 1. The fourth-order valence-electron chi connectivity index (χ4n) is 3.47. The van der Waals surface area contributed by atoms with Crippen LogP contribution in [0.1, 0.15) is 31.7 Å². The molecule has 1 aromatic carbocycles. The minimum absolute atomic E-state index is 0.159. The standard InChI is InChI=1S/C18H24ClNO3/c1-2-22-16-9-10-23-18(11-16)12-20(13-18)17(21)8-5-14-3-6-15(19)7-4-14/h3-4,6-7,16H,2,5,8-13H2,1H3/t16-/m1/s1. The van der Waals surface area contributed by atoms with E-state index in [2.05, 4.69) is 0 Å². The molecule has 4 nitrogen and oxygen atoms in total. The molecule has 126 valence electrons. The van der Waals surface area contributed by atoms with Crippen molar-refractivity contribution in [3.05, 3.63) is 34.9 Å². The lowest BCUT2D eigenvalue weighted by Crippen LogP contribution is -2.67. The predicted molar refractivity (Wildman–Crippen MR) is 89.7 cm³/mol. The first-order chi connectivity index (χ1) is 11.1. The predicted octanol–water partition coefficient (Wildman–Crippen LogP) is 3.07. The van der Waals surface area contributed by atoms with E-state index >= 15 is 0 Å². The zero-order valence-electron chi connectivity index (χ0n) is 13.6. The molecule has 1 spiro atoms. The summed E-state index contributed by atoms with van der Waals surface area (Å²) in [5, 5.41) is 0.725. The van der Waals surface area contributed by atoms with E-state index in [0.717, 1.165) is 43.1 Å². The van der Waals surface area contributed by atoms with E-state index < -0.39 is 0 Å². The summed E-state index contributed by atoms with van der Waals surface area (Å²) in [6.07, 6.45) is 3.43. The first kappa shape index (κ1) is 16.7. The molecule has 2 heterocycles. The van der Waals surface area contributed by atoms with E-state index in [1.54, 1.807) is 0 Å². The van der Waals surface area contributed by atoms with Gasteiger partial charge >= 0.3 is 0 Å². The summed E-state index contributed by atoms with van der Waals surface area (Å²) >= 11 is 5.87. The minimum atomic E-state index is -0.159. The fourth-order valence-corrected chi connectivity index (χ4v) is 3.59. The van der Waals surface area contributed by atoms with Crippen molar-refractivity contribution in [2.24, 2.45) is 0 Å². The number of halogens is 1. The van der Waals surface area contributed by atoms with Crippen molar-refractivity contribution < 1.29 is 14.3 Å². The third kappa shape index (κ3) is 4.06. The van der Waals surface area contributed by atoms with Crippen LogP contribution in [-0.4, -0.2) is 48.8 Å². The van der Waals surface area contributed by atoms with Gasteiger partial charge in [-0.2, -0.15) is 0 Å².